The van der Waals surface area contributed by atoms with Gasteiger partial charge in [0.15, 0.2) is 0 Å². The molecule has 0 saturated carbocycles. The van der Waals surface area contributed by atoms with Gasteiger partial charge in [-0.05, 0) is 43.0 Å². The van der Waals surface area contributed by atoms with Crippen LogP contribution in [0.2, 0.25) is 0 Å². The fourth-order valence-electron chi connectivity index (χ4n) is 3.61. The third kappa shape index (κ3) is 5.27. The Balaban J connectivity index is 1.97. The quantitative estimate of drug-likeness (QED) is 0.742. The van der Waals surface area contributed by atoms with Crippen LogP contribution in [0.25, 0.3) is 0 Å². The molecule has 1 amide bonds. The van der Waals surface area contributed by atoms with Gasteiger partial charge in [0.1, 0.15) is 0 Å². The maximum Gasteiger partial charge on any atom is 0.227 e. The summed E-state index contributed by atoms with van der Waals surface area (Å²) < 4.78 is 0. The molecular formula is C20H32N2O3. The van der Waals surface area contributed by atoms with Crippen molar-refractivity contribution in [2.75, 3.05) is 45.9 Å². The van der Waals surface area contributed by atoms with Gasteiger partial charge in [0.2, 0.25) is 5.91 Å². The van der Waals surface area contributed by atoms with E-state index in [9.17, 15) is 9.90 Å². The van der Waals surface area contributed by atoms with Crippen LogP contribution >= 0.6 is 0 Å². The molecule has 1 aliphatic heterocycles. The molecule has 25 heavy (non-hydrogen) atoms. The van der Waals surface area contributed by atoms with Crippen molar-refractivity contribution < 1.29 is 15.0 Å². The lowest BCUT2D eigenvalue weighted by atomic mass is 9.96. The van der Waals surface area contributed by atoms with Crippen molar-refractivity contribution in [1.29, 1.82) is 0 Å². The predicted octanol–water partition coefficient (Wildman–Crippen LogP) is 1.23. The molecule has 5 nitrogen and oxygen atoms in total. The van der Waals surface area contributed by atoms with Crippen LogP contribution in [0, 0.1) is 25.7 Å². The number of amides is 1. The largest absolute Gasteiger partial charge is 0.396 e. The van der Waals surface area contributed by atoms with Crippen molar-refractivity contribution in [3.05, 3.63) is 34.9 Å². The predicted molar refractivity (Wildman–Crippen MR) is 99.5 cm³/mol. The summed E-state index contributed by atoms with van der Waals surface area (Å²) in [4.78, 5) is 16.8. The fraction of sp³-hybridized carbons (Fsp3) is 0.650. The summed E-state index contributed by atoms with van der Waals surface area (Å²) in [5, 5.41) is 18.9. The first-order chi connectivity index (χ1) is 12.0. The molecule has 1 heterocycles. The molecule has 0 aliphatic carbocycles. The molecule has 2 atom stereocenters. The van der Waals surface area contributed by atoms with Crippen LogP contribution in [0.4, 0.5) is 0 Å². The Morgan fingerprint density at radius 3 is 2.52 bits per heavy atom. The minimum atomic E-state index is 0.106. The van der Waals surface area contributed by atoms with Gasteiger partial charge < -0.3 is 20.0 Å². The van der Waals surface area contributed by atoms with Crippen LogP contribution < -0.4 is 0 Å². The molecule has 0 radical (unpaired) electrons. The summed E-state index contributed by atoms with van der Waals surface area (Å²) in [6, 6.07) is 6.18. The number of hydrogen-bond acceptors (Lipinski definition) is 4. The van der Waals surface area contributed by atoms with E-state index in [0.29, 0.717) is 26.1 Å². The van der Waals surface area contributed by atoms with Crippen LogP contribution in [0.3, 0.4) is 0 Å². The third-order valence-electron chi connectivity index (χ3n) is 5.45. The number of rotatable bonds is 8. The molecule has 0 aromatic heterocycles. The summed E-state index contributed by atoms with van der Waals surface area (Å²) >= 11 is 0. The molecule has 0 bridgehead atoms. The Kier molecular flexibility index (Phi) is 7.41. The molecule has 1 fully saturated rings. The number of hydrogen-bond donors (Lipinski definition) is 2. The second-order valence-corrected chi connectivity index (χ2v) is 7.21. The summed E-state index contributed by atoms with van der Waals surface area (Å²) in [6.45, 7) is 10.1. The van der Waals surface area contributed by atoms with Gasteiger partial charge in [-0.15, -0.1) is 0 Å². The average Bonchev–Trinajstić information content (AvgIpc) is 3.00. The molecule has 5 heteroatoms. The van der Waals surface area contributed by atoms with E-state index in [0.717, 1.165) is 18.7 Å². The number of aliphatic hydroxyl groups excluding tert-OH is 2. The van der Waals surface area contributed by atoms with E-state index in [4.69, 9.17) is 5.11 Å². The third-order valence-corrected chi connectivity index (χ3v) is 5.45. The van der Waals surface area contributed by atoms with Crippen molar-refractivity contribution in [3.8, 4) is 0 Å². The van der Waals surface area contributed by atoms with Crippen molar-refractivity contribution in [3.63, 3.8) is 0 Å². The summed E-state index contributed by atoms with van der Waals surface area (Å²) in [5.74, 6) is 0.520. The van der Waals surface area contributed by atoms with E-state index < -0.39 is 0 Å². The Labute approximate surface area is 151 Å². The molecule has 0 spiro atoms. The molecule has 1 saturated heterocycles. The zero-order valence-electron chi connectivity index (χ0n) is 15.7. The Bertz CT molecular complexity index is 576. The van der Waals surface area contributed by atoms with Gasteiger partial charge in [0.05, 0.1) is 13.0 Å². The second kappa shape index (κ2) is 9.32. The normalized spacial score (nSPS) is 20.5. The number of aliphatic hydroxyl groups is 2. The second-order valence-electron chi connectivity index (χ2n) is 7.21. The number of carbonyl (C=O) groups is 1. The summed E-state index contributed by atoms with van der Waals surface area (Å²) in [7, 11) is 0. The first kappa shape index (κ1) is 19.9. The van der Waals surface area contributed by atoms with E-state index in [1.54, 1.807) is 0 Å². The van der Waals surface area contributed by atoms with Gasteiger partial charge in [-0.25, -0.2) is 0 Å². The van der Waals surface area contributed by atoms with Gasteiger partial charge in [-0.1, -0.05) is 25.1 Å². The van der Waals surface area contributed by atoms with Crippen molar-refractivity contribution in [1.82, 2.24) is 9.80 Å². The van der Waals surface area contributed by atoms with E-state index >= 15 is 0 Å². The molecule has 2 N–H and O–H groups in total. The zero-order chi connectivity index (χ0) is 18.4. The van der Waals surface area contributed by atoms with Crippen LogP contribution in [0.15, 0.2) is 18.2 Å². The number of likely N-dealkylation sites (tertiary alicyclic amines) is 1. The number of carbonyl (C=O) groups excluding carboxylic acids is 1. The highest BCUT2D eigenvalue weighted by molar-refractivity contribution is 5.79. The van der Waals surface area contributed by atoms with E-state index in [1.807, 2.05) is 11.0 Å². The van der Waals surface area contributed by atoms with E-state index in [2.05, 4.69) is 37.8 Å². The van der Waals surface area contributed by atoms with Crippen LogP contribution in [0.5, 0.6) is 0 Å². The maximum absolute atomic E-state index is 12.7. The van der Waals surface area contributed by atoms with Crippen molar-refractivity contribution in [2.45, 2.75) is 27.2 Å². The van der Waals surface area contributed by atoms with Gasteiger partial charge in [0.25, 0.3) is 0 Å². The minimum Gasteiger partial charge on any atom is -0.396 e. The lowest BCUT2D eigenvalue weighted by Gasteiger charge is -2.25. The highest BCUT2D eigenvalue weighted by Crippen LogP contribution is 2.25. The van der Waals surface area contributed by atoms with E-state index in [-0.39, 0.29) is 31.0 Å². The SMILES string of the molecule is CCN(CCO)C[C@@H]1CN(C(=O)Cc2ccc(C)c(C)c2)C[C@@H]1CO. The highest BCUT2D eigenvalue weighted by Gasteiger charge is 2.35. The minimum absolute atomic E-state index is 0.106. The first-order valence-corrected chi connectivity index (χ1v) is 9.26. The first-order valence-electron chi connectivity index (χ1n) is 9.26. The molecule has 1 aromatic rings. The van der Waals surface area contributed by atoms with Gasteiger partial charge >= 0.3 is 0 Å². The monoisotopic (exact) mass is 348 g/mol. The zero-order valence-corrected chi connectivity index (χ0v) is 15.7. The lowest BCUT2D eigenvalue weighted by molar-refractivity contribution is -0.129. The summed E-state index contributed by atoms with van der Waals surface area (Å²) in [6.07, 6.45) is 0.417. The number of benzene rings is 1. The van der Waals surface area contributed by atoms with Crippen molar-refractivity contribution >= 4 is 5.91 Å². The molecular weight excluding hydrogens is 316 g/mol. The fourth-order valence-corrected chi connectivity index (χ4v) is 3.61. The van der Waals surface area contributed by atoms with Gasteiger partial charge in [-0.3, -0.25) is 4.79 Å². The Morgan fingerprint density at radius 2 is 1.92 bits per heavy atom. The van der Waals surface area contributed by atoms with Gasteiger partial charge in [-0.2, -0.15) is 0 Å². The molecule has 1 aromatic carbocycles. The standard InChI is InChI=1S/C20H32N2O3/c1-4-21(7-8-23)11-18-12-22(13-19(18)14-24)20(25)10-17-6-5-15(2)16(3)9-17/h5-6,9,18-19,23-24H,4,7-8,10-14H2,1-3H3/t18-,19-/m1/s1. The Morgan fingerprint density at radius 1 is 1.20 bits per heavy atom. The van der Waals surface area contributed by atoms with E-state index in [1.165, 1.54) is 11.1 Å². The lowest BCUT2D eigenvalue weighted by Crippen LogP contribution is -2.36. The average molecular weight is 348 g/mol. The summed E-state index contributed by atoms with van der Waals surface area (Å²) in [5.41, 5.74) is 3.49. The van der Waals surface area contributed by atoms with Crippen LogP contribution in [-0.2, 0) is 11.2 Å². The Hall–Kier alpha value is -1.43. The van der Waals surface area contributed by atoms with Crippen LogP contribution in [0.1, 0.15) is 23.6 Å². The van der Waals surface area contributed by atoms with Crippen molar-refractivity contribution in [2.24, 2.45) is 11.8 Å². The maximum atomic E-state index is 12.7. The number of likely N-dealkylation sites (N-methyl/N-ethyl adjacent to an activating group) is 1. The van der Waals surface area contributed by atoms with Gasteiger partial charge in [0, 0.05) is 38.7 Å². The molecule has 2 rings (SSSR count). The van der Waals surface area contributed by atoms with Crippen LogP contribution in [-0.4, -0.2) is 71.9 Å². The molecule has 0 unspecified atom stereocenters. The highest BCUT2D eigenvalue weighted by atomic mass is 16.3. The number of aryl methyl sites for hydroxylation is 2. The topological polar surface area (TPSA) is 64.0 Å². The number of nitrogens with zero attached hydrogens (tertiary/aromatic N) is 2. The smallest absolute Gasteiger partial charge is 0.227 e. The molecule has 140 valence electrons. The molecule has 1 aliphatic rings.